The van der Waals surface area contributed by atoms with Crippen molar-refractivity contribution in [1.82, 2.24) is 19.9 Å². The Morgan fingerprint density at radius 2 is 0.847 bits per heavy atom. The molecule has 10 aromatic rings. The van der Waals surface area contributed by atoms with Gasteiger partial charge in [-0.3, -0.25) is 0 Å². The smallest absolute Gasteiger partial charge is 0.164 e. The van der Waals surface area contributed by atoms with Gasteiger partial charge in [-0.05, 0) is 85.6 Å². The van der Waals surface area contributed by atoms with Crippen molar-refractivity contribution in [2.75, 3.05) is 0 Å². The zero-order valence-electron chi connectivity index (χ0n) is 32.8. The molecular weight excluding hydrogens is 717 g/mol. The number of aromatic nitrogens is 4. The van der Waals surface area contributed by atoms with E-state index in [0.29, 0.717) is 17.5 Å². The Labute approximate surface area is 343 Å². The van der Waals surface area contributed by atoms with Gasteiger partial charge >= 0.3 is 0 Å². The van der Waals surface area contributed by atoms with Crippen molar-refractivity contribution in [3.63, 3.8) is 0 Å². The quantitative estimate of drug-likeness (QED) is 0.170. The molecule has 0 atom stereocenters. The maximum atomic E-state index is 5.37. The van der Waals surface area contributed by atoms with Crippen LogP contribution in [0.3, 0.4) is 0 Å². The molecule has 2 heterocycles. The molecule has 0 saturated carbocycles. The van der Waals surface area contributed by atoms with Crippen LogP contribution in [0.2, 0.25) is 0 Å². The maximum Gasteiger partial charge on any atom is 0.164 e. The molecule has 4 nitrogen and oxygen atoms in total. The summed E-state index contributed by atoms with van der Waals surface area (Å²) in [5, 5.41) is 3.53. The van der Waals surface area contributed by atoms with E-state index < -0.39 is 0 Å². The Balaban J connectivity index is 1.08. The lowest BCUT2D eigenvalue weighted by Crippen LogP contribution is -2.14. The van der Waals surface area contributed by atoms with E-state index in [-0.39, 0.29) is 5.41 Å². The summed E-state index contributed by atoms with van der Waals surface area (Å²) in [6, 6.07) is 68.6. The van der Waals surface area contributed by atoms with Gasteiger partial charge in [0.25, 0.3) is 0 Å². The number of hydrogen-bond acceptors (Lipinski definition) is 4. The van der Waals surface area contributed by atoms with E-state index in [1.807, 2.05) is 60.7 Å². The highest BCUT2D eigenvalue weighted by Gasteiger charge is 2.36. The Morgan fingerprint density at radius 1 is 0.322 bits per heavy atom. The molecule has 0 N–H and O–H groups in total. The minimum Gasteiger partial charge on any atom is -0.248 e. The van der Waals surface area contributed by atoms with E-state index in [0.717, 1.165) is 50.0 Å². The van der Waals surface area contributed by atoms with E-state index >= 15 is 0 Å². The lowest BCUT2D eigenvalue weighted by atomic mass is 9.82. The molecule has 0 bridgehead atoms. The van der Waals surface area contributed by atoms with Gasteiger partial charge in [-0.25, -0.2) is 19.9 Å². The molecular formula is C55H38N4. The van der Waals surface area contributed by atoms with Crippen molar-refractivity contribution in [1.29, 1.82) is 0 Å². The first kappa shape index (κ1) is 34.7. The van der Waals surface area contributed by atoms with Crippen molar-refractivity contribution in [2.45, 2.75) is 19.3 Å². The normalized spacial score (nSPS) is 12.7. The SMILES string of the molecule is CC1(C)c2ccccc2-c2cc3c(-c4cc(-c5ccc(-c6nc(-c7ccccc7)nc(-c7ccccc7)n6)cc5)cc5ccccc45)cc(-c4ccccc4)nc3cc21. The third-order valence-corrected chi connectivity index (χ3v) is 11.9. The Bertz CT molecular complexity index is 3150. The lowest BCUT2D eigenvalue weighted by molar-refractivity contribution is 0.661. The second kappa shape index (κ2) is 13.8. The molecule has 1 aliphatic rings. The largest absolute Gasteiger partial charge is 0.248 e. The van der Waals surface area contributed by atoms with E-state index in [1.165, 1.54) is 44.2 Å². The molecule has 0 amide bonds. The number of hydrogen-bond donors (Lipinski definition) is 0. The summed E-state index contributed by atoms with van der Waals surface area (Å²) >= 11 is 0. The van der Waals surface area contributed by atoms with Crippen LogP contribution in [-0.2, 0) is 5.41 Å². The van der Waals surface area contributed by atoms with Gasteiger partial charge in [-0.2, -0.15) is 0 Å². The molecule has 1 aliphatic carbocycles. The van der Waals surface area contributed by atoms with E-state index in [4.69, 9.17) is 19.9 Å². The van der Waals surface area contributed by atoms with Crippen LogP contribution in [0.15, 0.2) is 194 Å². The molecule has 0 spiro atoms. The highest BCUT2D eigenvalue weighted by molar-refractivity contribution is 6.09. The summed E-state index contributed by atoms with van der Waals surface area (Å²) < 4.78 is 0. The van der Waals surface area contributed by atoms with E-state index in [1.54, 1.807) is 0 Å². The number of fused-ring (bicyclic) bond motifs is 5. The standard InChI is InChI=1S/C55H38N4/c1-55(2)48-25-15-14-24-43(48)46-32-47-45(33-50(36-16-6-3-7-17-36)56-51(47)34-49(46)55)44-31-41(30-40-22-12-13-23-42(40)44)35-26-28-39(29-27-35)54-58-52(37-18-8-4-9-19-37)57-53(59-54)38-20-10-5-11-21-38/h3-34H,1-2H3. The molecule has 0 unspecified atom stereocenters. The van der Waals surface area contributed by atoms with Gasteiger partial charge in [-0.1, -0.05) is 178 Å². The summed E-state index contributed by atoms with van der Waals surface area (Å²) in [5.74, 6) is 1.93. The predicted molar refractivity (Wildman–Crippen MR) is 243 cm³/mol. The fraction of sp³-hybridized carbons (Fsp3) is 0.0545. The van der Waals surface area contributed by atoms with Crippen molar-refractivity contribution < 1.29 is 0 Å². The number of rotatable bonds is 6. The average molecular weight is 755 g/mol. The van der Waals surface area contributed by atoms with Gasteiger partial charge in [0.1, 0.15) is 0 Å². The molecule has 59 heavy (non-hydrogen) atoms. The minimum atomic E-state index is -0.128. The Kier molecular flexibility index (Phi) is 8.12. The van der Waals surface area contributed by atoms with Gasteiger partial charge in [0, 0.05) is 33.1 Å². The third kappa shape index (κ3) is 6.00. The van der Waals surface area contributed by atoms with Crippen LogP contribution < -0.4 is 0 Å². The lowest BCUT2D eigenvalue weighted by Gasteiger charge is -2.22. The highest BCUT2D eigenvalue weighted by atomic mass is 15.0. The highest BCUT2D eigenvalue weighted by Crippen LogP contribution is 2.51. The molecule has 0 aliphatic heterocycles. The number of pyridine rings is 1. The minimum absolute atomic E-state index is 0.128. The molecule has 2 aromatic heterocycles. The van der Waals surface area contributed by atoms with Crippen molar-refractivity contribution in [3.8, 4) is 78.8 Å². The summed E-state index contributed by atoms with van der Waals surface area (Å²) in [7, 11) is 0. The molecule has 278 valence electrons. The van der Waals surface area contributed by atoms with Crippen molar-refractivity contribution in [2.24, 2.45) is 0 Å². The van der Waals surface area contributed by atoms with Crippen LogP contribution in [0.25, 0.3) is 100 Å². The monoisotopic (exact) mass is 754 g/mol. The summed E-state index contributed by atoms with van der Waals surface area (Å²) in [4.78, 5) is 20.2. The Hall–Kier alpha value is -7.56. The zero-order chi connectivity index (χ0) is 39.5. The maximum absolute atomic E-state index is 5.37. The first-order chi connectivity index (χ1) is 29.0. The van der Waals surface area contributed by atoms with Crippen molar-refractivity contribution in [3.05, 3.63) is 205 Å². The zero-order valence-corrected chi connectivity index (χ0v) is 32.8. The second-order valence-corrected chi connectivity index (χ2v) is 15.9. The molecule has 4 heteroatoms. The first-order valence-corrected chi connectivity index (χ1v) is 20.1. The van der Waals surface area contributed by atoms with Gasteiger partial charge < -0.3 is 0 Å². The van der Waals surface area contributed by atoms with Gasteiger partial charge in [0.05, 0.1) is 11.2 Å². The number of nitrogens with zero attached hydrogens (tertiary/aromatic N) is 4. The summed E-state index contributed by atoms with van der Waals surface area (Å²) in [6.07, 6.45) is 0. The van der Waals surface area contributed by atoms with Crippen LogP contribution >= 0.6 is 0 Å². The van der Waals surface area contributed by atoms with Gasteiger partial charge in [0.2, 0.25) is 0 Å². The third-order valence-electron chi connectivity index (χ3n) is 11.9. The van der Waals surface area contributed by atoms with Crippen LogP contribution in [0, 0.1) is 0 Å². The summed E-state index contributed by atoms with van der Waals surface area (Å²) in [6.45, 7) is 4.66. The van der Waals surface area contributed by atoms with Gasteiger partial charge in [-0.15, -0.1) is 0 Å². The predicted octanol–water partition coefficient (Wildman–Crippen LogP) is 13.9. The van der Waals surface area contributed by atoms with Crippen molar-refractivity contribution >= 4 is 21.7 Å². The summed E-state index contributed by atoms with van der Waals surface area (Å²) in [5.41, 5.74) is 15.6. The molecule has 8 aromatic carbocycles. The van der Waals surface area contributed by atoms with Crippen LogP contribution in [0.1, 0.15) is 25.0 Å². The Morgan fingerprint density at radius 3 is 1.51 bits per heavy atom. The van der Waals surface area contributed by atoms with Crippen LogP contribution in [0.4, 0.5) is 0 Å². The molecule has 11 rings (SSSR count). The van der Waals surface area contributed by atoms with Gasteiger partial charge in [0.15, 0.2) is 17.5 Å². The average Bonchev–Trinajstić information content (AvgIpc) is 3.53. The van der Waals surface area contributed by atoms with E-state index in [9.17, 15) is 0 Å². The number of benzene rings is 8. The topological polar surface area (TPSA) is 51.6 Å². The molecule has 0 saturated heterocycles. The van der Waals surface area contributed by atoms with Crippen LogP contribution in [0.5, 0.6) is 0 Å². The molecule has 0 fully saturated rings. The molecule has 0 radical (unpaired) electrons. The van der Waals surface area contributed by atoms with E-state index in [2.05, 4.69) is 147 Å². The first-order valence-electron chi connectivity index (χ1n) is 20.1. The second-order valence-electron chi connectivity index (χ2n) is 15.9. The van der Waals surface area contributed by atoms with Crippen LogP contribution in [-0.4, -0.2) is 19.9 Å². The fourth-order valence-electron chi connectivity index (χ4n) is 8.85. The fourth-order valence-corrected chi connectivity index (χ4v) is 8.85.